The Bertz CT molecular complexity index is 556. The molecule has 0 spiro atoms. The first-order chi connectivity index (χ1) is 13.5. The third kappa shape index (κ3) is 7.72. The lowest BCUT2D eigenvalue weighted by Crippen LogP contribution is -2.46. The lowest BCUT2D eigenvalue weighted by molar-refractivity contribution is -0.160. The topological polar surface area (TPSA) is 89.9 Å². The highest BCUT2D eigenvalue weighted by Crippen LogP contribution is 2.33. The van der Waals surface area contributed by atoms with E-state index in [9.17, 15) is 19.5 Å². The normalized spacial score (nSPS) is 33.0. The van der Waals surface area contributed by atoms with Crippen LogP contribution in [0.5, 0.6) is 0 Å². The number of hydrogen-bond acceptors (Lipinski definition) is 6. The van der Waals surface area contributed by atoms with E-state index in [-0.39, 0.29) is 30.5 Å². The van der Waals surface area contributed by atoms with Gasteiger partial charge in [0.25, 0.3) is 0 Å². The van der Waals surface area contributed by atoms with E-state index in [0.717, 1.165) is 32.1 Å². The van der Waals surface area contributed by atoms with E-state index in [1.807, 2.05) is 6.92 Å². The number of Topliss-reactive ketones (excluding diaryl/α,β-unsaturated/α-hetero) is 1. The number of esters is 2. The smallest absolute Gasteiger partial charge is 0.308 e. The standard InChI is InChI=1S/C23H40O6/c1-7-19(25)29-21-16(3)12-8-10-15(2)11-9-13-28-20(26)14-18(24)23(5,6)22(27)17(21)4/h15-18,21,24H,7-14H2,1-6H3/t15?,16?,17?,18?,21-/m0/s1. The summed E-state index contributed by atoms with van der Waals surface area (Å²) in [7, 11) is 0. The molecule has 1 saturated heterocycles. The lowest BCUT2D eigenvalue weighted by atomic mass is 9.73. The second kappa shape index (κ2) is 11.7. The van der Waals surface area contributed by atoms with Crippen LogP contribution in [0.3, 0.4) is 0 Å². The summed E-state index contributed by atoms with van der Waals surface area (Å²) in [6.45, 7) is 11.3. The van der Waals surface area contributed by atoms with Crippen molar-refractivity contribution < 1.29 is 29.0 Å². The molecular formula is C23H40O6. The molecule has 0 bridgehead atoms. The molecule has 0 saturated carbocycles. The molecule has 168 valence electrons. The zero-order valence-corrected chi connectivity index (χ0v) is 19.0. The minimum absolute atomic E-state index is 0.0301. The van der Waals surface area contributed by atoms with Gasteiger partial charge in [-0.25, -0.2) is 0 Å². The van der Waals surface area contributed by atoms with Crippen molar-refractivity contribution in [3.05, 3.63) is 0 Å². The summed E-state index contributed by atoms with van der Waals surface area (Å²) >= 11 is 0. The predicted molar refractivity (Wildman–Crippen MR) is 111 cm³/mol. The third-order valence-electron chi connectivity index (χ3n) is 6.31. The summed E-state index contributed by atoms with van der Waals surface area (Å²) in [6, 6.07) is 0. The van der Waals surface area contributed by atoms with Gasteiger partial charge in [-0.15, -0.1) is 0 Å². The molecule has 0 aromatic rings. The highest BCUT2D eigenvalue weighted by molar-refractivity contribution is 5.88. The van der Waals surface area contributed by atoms with Crippen molar-refractivity contribution in [3.8, 4) is 0 Å². The van der Waals surface area contributed by atoms with Gasteiger partial charge in [-0.2, -0.15) is 0 Å². The fraction of sp³-hybridized carbons (Fsp3) is 0.870. The average molecular weight is 413 g/mol. The number of carbonyl (C=O) groups is 3. The summed E-state index contributed by atoms with van der Waals surface area (Å²) in [5, 5.41) is 10.6. The number of rotatable bonds is 2. The van der Waals surface area contributed by atoms with Crippen LogP contribution in [0.1, 0.15) is 86.5 Å². The first kappa shape index (κ1) is 25.6. The largest absolute Gasteiger partial charge is 0.466 e. The van der Waals surface area contributed by atoms with Gasteiger partial charge in [-0.3, -0.25) is 14.4 Å². The maximum absolute atomic E-state index is 13.3. The Morgan fingerprint density at radius 2 is 1.76 bits per heavy atom. The van der Waals surface area contributed by atoms with Crippen molar-refractivity contribution in [1.29, 1.82) is 0 Å². The summed E-state index contributed by atoms with van der Waals surface area (Å²) in [5.41, 5.74) is -1.15. The van der Waals surface area contributed by atoms with Crippen molar-refractivity contribution in [2.75, 3.05) is 6.61 Å². The molecular weight excluding hydrogens is 372 g/mol. The lowest BCUT2D eigenvalue weighted by Gasteiger charge is -2.36. The van der Waals surface area contributed by atoms with Crippen LogP contribution in [0.15, 0.2) is 0 Å². The average Bonchev–Trinajstić information content (AvgIpc) is 2.67. The summed E-state index contributed by atoms with van der Waals surface area (Å²) in [6.07, 6.45) is 2.96. The van der Waals surface area contributed by atoms with Crippen molar-refractivity contribution in [3.63, 3.8) is 0 Å². The molecule has 1 fully saturated rings. The molecule has 0 aromatic heterocycles. The summed E-state index contributed by atoms with van der Waals surface area (Å²) < 4.78 is 10.9. The van der Waals surface area contributed by atoms with Crippen LogP contribution < -0.4 is 0 Å². The molecule has 29 heavy (non-hydrogen) atoms. The van der Waals surface area contributed by atoms with Crippen molar-refractivity contribution >= 4 is 17.7 Å². The maximum atomic E-state index is 13.3. The first-order valence-corrected chi connectivity index (χ1v) is 11.1. The van der Waals surface area contributed by atoms with Gasteiger partial charge in [0.15, 0.2) is 0 Å². The number of aliphatic hydroxyl groups excluding tert-OH is 1. The molecule has 1 rings (SSSR count). The molecule has 6 heteroatoms. The zero-order valence-electron chi connectivity index (χ0n) is 19.0. The second-order valence-corrected chi connectivity index (χ2v) is 9.28. The molecule has 1 heterocycles. The molecule has 0 aliphatic carbocycles. The van der Waals surface area contributed by atoms with Gasteiger partial charge in [0, 0.05) is 6.42 Å². The van der Waals surface area contributed by atoms with E-state index in [1.54, 1.807) is 27.7 Å². The van der Waals surface area contributed by atoms with E-state index in [2.05, 4.69) is 6.92 Å². The third-order valence-corrected chi connectivity index (χ3v) is 6.31. The van der Waals surface area contributed by atoms with Crippen molar-refractivity contribution in [2.45, 2.75) is 98.7 Å². The van der Waals surface area contributed by atoms with E-state index in [0.29, 0.717) is 12.5 Å². The van der Waals surface area contributed by atoms with Gasteiger partial charge in [-0.05, 0) is 31.1 Å². The monoisotopic (exact) mass is 412 g/mol. The Balaban J connectivity index is 3.10. The zero-order chi connectivity index (χ0) is 22.2. The van der Waals surface area contributed by atoms with Crippen LogP contribution >= 0.6 is 0 Å². The Kier molecular flexibility index (Phi) is 10.3. The first-order valence-electron chi connectivity index (χ1n) is 11.1. The van der Waals surface area contributed by atoms with Gasteiger partial charge in [0.05, 0.1) is 30.5 Å². The number of aliphatic hydroxyl groups is 1. The van der Waals surface area contributed by atoms with Gasteiger partial charge < -0.3 is 14.6 Å². The number of hydrogen-bond donors (Lipinski definition) is 1. The van der Waals surface area contributed by atoms with Crippen LogP contribution in [0.2, 0.25) is 0 Å². The fourth-order valence-electron chi connectivity index (χ4n) is 4.03. The predicted octanol–water partition coefficient (Wildman–Crippen LogP) is 4.07. The quantitative estimate of drug-likeness (QED) is 0.688. The number of ketones is 1. The Morgan fingerprint density at radius 3 is 2.38 bits per heavy atom. The number of ether oxygens (including phenoxy) is 2. The molecule has 0 amide bonds. The van der Waals surface area contributed by atoms with Crippen LogP contribution in [-0.2, 0) is 23.9 Å². The van der Waals surface area contributed by atoms with Gasteiger partial charge in [0.2, 0.25) is 0 Å². The highest BCUT2D eigenvalue weighted by atomic mass is 16.5. The minimum atomic E-state index is -1.16. The van der Waals surface area contributed by atoms with Crippen LogP contribution in [0.4, 0.5) is 0 Å². The molecule has 6 nitrogen and oxygen atoms in total. The van der Waals surface area contributed by atoms with E-state index >= 15 is 0 Å². The minimum Gasteiger partial charge on any atom is -0.466 e. The molecule has 1 N–H and O–H groups in total. The van der Waals surface area contributed by atoms with Crippen molar-refractivity contribution in [1.82, 2.24) is 0 Å². The highest BCUT2D eigenvalue weighted by Gasteiger charge is 2.43. The maximum Gasteiger partial charge on any atom is 0.308 e. The van der Waals surface area contributed by atoms with Crippen LogP contribution in [-0.4, -0.2) is 41.6 Å². The van der Waals surface area contributed by atoms with Gasteiger partial charge in [-0.1, -0.05) is 54.4 Å². The van der Waals surface area contributed by atoms with E-state index in [4.69, 9.17) is 9.47 Å². The Hall–Kier alpha value is -1.43. The SMILES string of the molecule is CCC(=O)O[C@H]1C(C)CCCC(C)CCCOC(=O)CC(O)C(C)(C)C(=O)C1C. The second-order valence-electron chi connectivity index (χ2n) is 9.28. The molecule has 0 radical (unpaired) electrons. The van der Waals surface area contributed by atoms with E-state index < -0.39 is 29.5 Å². The van der Waals surface area contributed by atoms with Crippen LogP contribution in [0, 0.1) is 23.2 Å². The molecule has 1 aliphatic heterocycles. The van der Waals surface area contributed by atoms with Gasteiger partial charge in [0.1, 0.15) is 11.9 Å². The molecule has 1 aliphatic rings. The summed E-state index contributed by atoms with van der Waals surface area (Å²) in [4.78, 5) is 37.3. The van der Waals surface area contributed by atoms with E-state index in [1.165, 1.54) is 0 Å². The molecule has 0 aromatic carbocycles. The fourth-order valence-corrected chi connectivity index (χ4v) is 4.03. The van der Waals surface area contributed by atoms with Crippen LogP contribution in [0.25, 0.3) is 0 Å². The molecule has 5 atom stereocenters. The Labute approximate surface area is 175 Å². The number of cyclic esters (lactones) is 1. The van der Waals surface area contributed by atoms with Crippen molar-refractivity contribution in [2.24, 2.45) is 23.2 Å². The molecule has 4 unspecified atom stereocenters. The Morgan fingerprint density at radius 1 is 1.14 bits per heavy atom. The number of carbonyl (C=O) groups excluding carboxylic acids is 3. The summed E-state index contributed by atoms with van der Waals surface area (Å²) in [5.74, 6) is -1.07. The van der Waals surface area contributed by atoms with Gasteiger partial charge >= 0.3 is 11.9 Å².